The molecule has 0 amide bonds. The van der Waals surface area contributed by atoms with E-state index in [2.05, 4.69) is 15.9 Å². The van der Waals surface area contributed by atoms with Crippen molar-refractivity contribution in [2.24, 2.45) is 5.73 Å². The summed E-state index contributed by atoms with van der Waals surface area (Å²) in [5, 5.41) is 0. The van der Waals surface area contributed by atoms with Crippen molar-refractivity contribution in [3.63, 3.8) is 0 Å². The number of nitrogens with two attached hydrogens (primary N) is 1. The number of hydrogen-bond acceptors (Lipinski definition) is 2. The highest BCUT2D eigenvalue weighted by Gasteiger charge is 1.98. The van der Waals surface area contributed by atoms with Crippen LogP contribution in [0.3, 0.4) is 0 Å². The second-order valence-corrected chi connectivity index (χ2v) is 4.66. The molecule has 2 rings (SSSR count). The summed E-state index contributed by atoms with van der Waals surface area (Å²) in [7, 11) is 0. The normalized spacial score (nSPS) is 10.2. The standard InChI is InChI=1S/C14H14BrNO/c15-12-2-1-3-14(10-12)17-13-6-4-11(5-7-13)8-9-16/h1-7,10H,8-9,16H2. The maximum absolute atomic E-state index is 5.73. The first-order valence-corrected chi connectivity index (χ1v) is 6.29. The number of hydrogen-bond donors (Lipinski definition) is 1. The highest BCUT2D eigenvalue weighted by Crippen LogP contribution is 2.24. The van der Waals surface area contributed by atoms with Gasteiger partial charge in [-0.25, -0.2) is 0 Å². The summed E-state index contributed by atoms with van der Waals surface area (Å²) in [5.74, 6) is 1.66. The fraction of sp³-hybridized carbons (Fsp3) is 0.143. The second kappa shape index (κ2) is 5.84. The van der Waals surface area contributed by atoms with Crippen molar-refractivity contribution in [3.8, 4) is 11.5 Å². The van der Waals surface area contributed by atoms with Gasteiger partial charge in [-0.3, -0.25) is 0 Å². The van der Waals surface area contributed by atoms with Crippen molar-refractivity contribution in [1.29, 1.82) is 0 Å². The Balaban J connectivity index is 2.08. The van der Waals surface area contributed by atoms with Gasteiger partial charge in [0, 0.05) is 4.47 Å². The van der Waals surface area contributed by atoms with Gasteiger partial charge in [-0.1, -0.05) is 34.1 Å². The lowest BCUT2D eigenvalue weighted by Crippen LogP contribution is -2.02. The molecule has 0 saturated carbocycles. The molecule has 3 heteroatoms. The molecule has 0 aliphatic heterocycles. The SMILES string of the molecule is NCCc1ccc(Oc2cccc(Br)c2)cc1. The van der Waals surface area contributed by atoms with Crippen LogP contribution in [-0.4, -0.2) is 6.54 Å². The van der Waals surface area contributed by atoms with Gasteiger partial charge in [-0.15, -0.1) is 0 Å². The van der Waals surface area contributed by atoms with E-state index in [-0.39, 0.29) is 0 Å². The van der Waals surface area contributed by atoms with E-state index in [1.165, 1.54) is 5.56 Å². The van der Waals surface area contributed by atoms with Crippen molar-refractivity contribution in [3.05, 3.63) is 58.6 Å². The van der Waals surface area contributed by atoms with E-state index in [9.17, 15) is 0 Å². The Hall–Kier alpha value is -1.32. The molecule has 0 aliphatic rings. The molecule has 2 aromatic rings. The lowest BCUT2D eigenvalue weighted by Gasteiger charge is -2.06. The van der Waals surface area contributed by atoms with Crippen LogP contribution < -0.4 is 10.5 Å². The van der Waals surface area contributed by atoms with E-state index in [1.807, 2.05) is 48.5 Å². The molecule has 0 bridgehead atoms. The first-order valence-electron chi connectivity index (χ1n) is 5.50. The highest BCUT2D eigenvalue weighted by atomic mass is 79.9. The van der Waals surface area contributed by atoms with Crippen molar-refractivity contribution >= 4 is 15.9 Å². The molecule has 0 atom stereocenters. The fourth-order valence-corrected chi connectivity index (χ4v) is 1.94. The zero-order valence-corrected chi connectivity index (χ0v) is 11.0. The van der Waals surface area contributed by atoms with Crippen molar-refractivity contribution in [1.82, 2.24) is 0 Å². The third-order valence-electron chi connectivity index (χ3n) is 2.39. The van der Waals surface area contributed by atoms with Gasteiger partial charge in [0.1, 0.15) is 11.5 Å². The molecular weight excluding hydrogens is 278 g/mol. The maximum Gasteiger partial charge on any atom is 0.128 e. The maximum atomic E-state index is 5.73. The number of rotatable bonds is 4. The molecule has 2 N–H and O–H groups in total. The third-order valence-corrected chi connectivity index (χ3v) is 2.88. The molecule has 88 valence electrons. The van der Waals surface area contributed by atoms with E-state index in [4.69, 9.17) is 10.5 Å². The van der Waals surface area contributed by atoms with Gasteiger partial charge in [0.15, 0.2) is 0 Å². The molecule has 0 unspecified atom stereocenters. The summed E-state index contributed by atoms with van der Waals surface area (Å²) in [5.41, 5.74) is 6.73. The van der Waals surface area contributed by atoms with Crippen molar-refractivity contribution in [2.75, 3.05) is 6.54 Å². The van der Waals surface area contributed by atoms with Gasteiger partial charge in [-0.2, -0.15) is 0 Å². The lowest BCUT2D eigenvalue weighted by molar-refractivity contribution is 0.482. The largest absolute Gasteiger partial charge is 0.457 e. The summed E-state index contributed by atoms with van der Waals surface area (Å²) in [4.78, 5) is 0. The topological polar surface area (TPSA) is 35.2 Å². The first kappa shape index (κ1) is 12.1. The van der Waals surface area contributed by atoms with E-state index in [0.29, 0.717) is 6.54 Å². The summed E-state index contributed by atoms with van der Waals surface area (Å²) in [6, 6.07) is 15.8. The van der Waals surface area contributed by atoms with Gasteiger partial charge in [0.25, 0.3) is 0 Å². The monoisotopic (exact) mass is 291 g/mol. The minimum Gasteiger partial charge on any atom is -0.457 e. The molecule has 0 heterocycles. The van der Waals surface area contributed by atoms with Gasteiger partial charge in [0.2, 0.25) is 0 Å². The third kappa shape index (κ3) is 3.58. The summed E-state index contributed by atoms with van der Waals surface area (Å²) < 4.78 is 6.74. The Morgan fingerprint density at radius 1 is 1.00 bits per heavy atom. The average Bonchev–Trinajstić information content (AvgIpc) is 2.32. The van der Waals surface area contributed by atoms with E-state index in [0.717, 1.165) is 22.4 Å². The van der Waals surface area contributed by atoms with E-state index in [1.54, 1.807) is 0 Å². The van der Waals surface area contributed by atoms with Crippen LogP contribution in [0.2, 0.25) is 0 Å². The molecule has 0 radical (unpaired) electrons. The lowest BCUT2D eigenvalue weighted by atomic mass is 10.1. The summed E-state index contributed by atoms with van der Waals surface area (Å²) >= 11 is 3.41. The zero-order chi connectivity index (χ0) is 12.1. The second-order valence-electron chi connectivity index (χ2n) is 3.74. The Morgan fingerprint density at radius 2 is 1.76 bits per heavy atom. The van der Waals surface area contributed by atoms with Crippen molar-refractivity contribution < 1.29 is 4.74 Å². The zero-order valence-electron chi connectivity index (χ0n) is 9.40. The van der Waals surface area contributed by atoms with Crippen LogP contribution in [0.4, 0.5) is 0 Å². The van der Waals surface area contributed by atoms with Gasteiger partial charge in [0.05, 0.1) is 0 Å². The van der Waals surface area contributed by atoms with Crippen LogP contribution in [0.25, 0.3) is 0 Å². The molecule has 0 saturated heterocycles. The predicted molar refractivity (Wildman–Crippen MR) is 73.4 cm³/mol. The minimum atomic E-state index is 0.672. The number of halogens is 1. The number of ether oxygens (including phenoxy) is 1. The summed E-state index contributed by atoms with van der Waals surface area (Å²) in [6.07, 6.45) is 0.900. The molecule has 2 aromatic carbocycles. The predicted octanol–water partition coefficient (Wildman–Crippen LogP) is 3.74. The van der Waals surface area contributed by atoms with Gasteiger partial charge >= 0.3 is 0 Å². The van der Waals surface area contributed by atoms with Crippen LogP contribution in [0.15, 0.2) is 53.0 Å². The Morgan fingerprint density at radius 3 is 2.41 bits per heavy atom. The Bertz CT molecular complexity index is 482. The molecule has 17 heavy (non-hydrogen) atoms. The molecule has 0 fully saturated rings. The smallest absolute Gasteiger partial charge is 0.128 e. The molecule has 0 spiro atoms. The molecule has 0 aliphatic carbocycles. The molecule has 0 aromatic heterocycles. The van der Waals surface area contributed by atoms with Crippen LogP contribution >= 0.6 is 15.9 Å². The van der Waals surface area contributed by atoms with Crippen LogP contribution in [-0.2, 0) is 6.42 Å². The van der Waals surface area contributed by atoms with E-state index < -0.39 is 0 Å². The molecular formula is C14H14BrNO. The Kier molecular flexibility index (Phi) is 4.18. The summed E-state index contributed by atoms with van der Waals surface area (Å²) in [6.45, 7) is 0.672. The van der Waals surface area contributed by atoms with E-state index >= 15 is 0 Å². The Labute approximate surface area is 110 Å². The number of benzene rings is 2. The highest BCUT2D eigenvalue weighted by molar-refractivity contribution is 9.10. The first-order chi connectivity index (χ1) is 8.28. The molecule has 2 nitrogen and oxygen atoms in total. The minimum absolute atomic E-state index is 0.672. The van der Waals surface area contributed by atoms with Crippen molar-refractivity contribution in [2.45, 2.75) is 6.42 Å². The van der Waals surface area contributed by atoms with Crippen LogP contribution in [0, 0.1) is 0 Å². The van der Waals surface area contributed by atoms with Gasteiger partial charge < -0.3 is 10.5 Å². The van der Waals surface area contributed by atoms with Crippen LogP contribution in [0.5, 0.6) is 11.5 Å². The quantitative estimate of drug-likeness (QED) is 0.931. The van der Waals surface area contributed by atoms with Gasteiger partial charge in [-0.05, 0) is 48.9 Å². The van der Waals surface area contributed by atoms with Crippen LogP contribution in [0.1, 0.15) is 5.56 Å². The fourth-order valence-electron chi connectivity index (χ4n) is 1.56. The average molecular weight is 292 g/mol.